The van der Waals surface area contributed by atoms with Gasteiger partial charge in [-0.3, -0.25) is 4.79 Å². The van der Waals surface area contributed by atoms with Gasteiger partial charge < -0.3 is 9.88 Å². The van der Waals surface area contributed by atoms with Crippen LogP contribution in [0.5, 0.6) is 0 Å². The topological polar surface area (TPSA) is 59.8 Å². The molecule has 0 aliphatic heterocycles. The van der Waals surface area contributed by atoms with E-state index in [9.17, 15) is 4.79 Å². The summed E-state index contributed by atoms with van der Waals surface area (Å²) in [4.78, 5) is 12.0. The van der Waals surface area contributed by atoms with Crippen LogP contribution >= 0.6 is 0 Å². The highest BCUT2D eigenvalue weighted by molar-refractivity contribution is 5.94. The molecule has 0 radical (unpaired) electrons. The zero-order valence-corrected chi connectivity index (χ0v) is 12.6. The predicted molar refractivity (Wildman–Crippen MR) is 79.3 cm³/mol. The minimum Gasteiger partial charge on any atom is -0.326 e. The lowest BCUT2D eigenvalue weighted by Crippen LogP contribution is -2.27. The molecule has 20 heavy (non-hydrogen) atoms. The average Bonchev–Trinajstić information content (AvgIpc) is 2.69. The monoisotopic (exact) mass is 272 g/mol. The molecule has 1 amide bonds. The summed E-state index contributed by atoms with van der Waals surface area (Å²) in [6.45, 7) is 7.57. The van der Waals surface area contributed by atoms with Crippen molar-refractivity contribution in [2.45, 2.75) is 27.7 Å². The Balaban J connectivity index is 2.29. The van der Waals surface area contributed by atoms with E-state index >= 15 is 0 Å². The Morgan fingerprint density at radius 3 is 2.50 bits per heavy atom. The fourth-order valence-electron chi connectivity index (χ4n) is 1.71. The van der Waals surface area contributed by atoms with Gasteiger partial charge in [0.15, 0.2) is 5.82 Å². The van der Waals surface area contributed by atoms with Gasteiger partial charge >= 0.3 is 0 Å². The molecule has 1 N–H and O–H groups in total. The van der Waals surface area contributed by atoms with Crippen molar-refractivity contribution in [3.05, 3.63) is 30.1 Å². The van der Waals surface area contributed by atoms with Gasteiger partial charge in [-0.25, -0.2) is 0 Å². The van der Waals surface area contributed by atoms with E-state index in [0.29, 0.717) is 0 Å². The third-order valence-electron chi connectivity index (χ3n) is 3.15. The number of nitrogens with zero attached hydrogens (tertiary/aromatic N) is 3. The molecule has 0 unspecified atom stereocenters. The lowest BCUT2D eigenvalue weighted by Gasteiger charge is -2.17. The lowest BCUT2D eigenvalue weighted by molar-refractivity contribution is -0.123. The molecular formula is C15H20N4O. The van der Waals surface area contributed by atoms with Crippen molar-refractivity contribution in [1.82, 2.24) is 14.8 Å². The highest BCUT2D eigenvalue weighted by Crippen LogP contribution is 2.23. The molecule has 2 rings (SSSR count). The maximum absolute atomic E-state index is 12.0. The molecule has 106 valence electrons. The summed E-state index contributed by atoms with van der Waals surface area (Å²) in [6, 6.07) is 7.64. The van der Waals surface area contributed by atoms with Crippen LogP contribution in [0.4, 0.5) is 5.69 Å². The molecule has 0 spiro atoms. The Morgan fingerprint density at radius 2 is 1.95 bits per heavy atom. The van der Waals surface area contributed by atoms with Crippen molar-refractivity contribution in [3.63, 3.8) is 0 Å². The number of carbonyl (C=O) groups excluding carboxylic acids is 1. The van der Waals surface area contributed by atoms with Crippen molar-refractivity contribution in [1.29, 1.82) is 0 Å². The molecule has 1 aromatic heterocycles. The standard InChI is InChI=1S/C15H20N4O/c1-10-17-18-13(19(10)5)11-7-6-8-12(9-11)16-14(20)15(2,3)4/h6-9H,1-5H3,(H,16,20). The van der Waals surface area contributed by atoms with Gasteiger partial charge in [-0.05, 0) is 19.1 Å². The number of carbonyl (C=O) groups is 1. The first kappa shape index (κ1) is 14.2. The molecule has 0 aliphatic carbocycles. The highest BCUT2D eigenvalue weighted by Gasteiger charge is 2.21. The van der Waals surface area contributed by atoms with E-state index in [2.05, 4.69) is 15.5 Å². The normalized spacial score (nSPS) is 11.4. The molecule has 5 heteroatoms. The van der Waals surface area contributed by atoms with Crippen LogP contribution < -0.4 is 5.32 Å². The Kier molecular flexibility index (Phi) is 3.61. The molecule has 0 saturated heterocycles. The third kappa shape index (κ3) is 2.87. The van der Waals surface area contributed by atoms with E-state index in [1.165, 1.54) is 0 Å². The first-order chi connectivity index (χ1) is 9.29. The lowest BCUT2D eigenvalue weighted by atomic mass is 9.95. The molecule has 0 saturated carbocycles. The van der Waals surface area contributed by atoms with E-state index in [0.717, 1.165) is 22.9 Å². The van der Waals surface area contributed by atoms with Gasteiger partial charge in [0.25, 0.3) is 0 Å². The second-order valence-corrected chi connectivity index (χ2v) is 5.91. The van der Waals surface area contributed by atoms with Crippen molar-refractivity contribution in [2.24, 2.45) is 12.5 Å². The summed E-state index contributed by atoms with van der Waals surface area (Å²) < 4.78 is 1.92. The summed E-state index contributed by atoms with van der Waals surface area (Å²) in [6.07, 6.45) is 0. The summed E-state index contributed by atoms with van der Waals surface area (Å²) >= 11 is 0. The molecule has 0 fully saturated rings. The molecule has 1 heterocycles. The summed E-state index contributed by atoms with van der Waals surface area (Å²) in [5.41, 5.74) is 1.28. The maximum Gasteiger partial charge on any atom is 0.229 e. The molecule has 0 bridgehead atoms. The largest absolute Gasteiger partial charge is 0.326 e. The van der Waals surface area contributed by atoms with Crippen molar-refractivity contribution in [2.75, 3.05) is 5.32 Å². The minimum absolute atomic E-state index is 0.0104. The van der Waals surface area contributed by atoms with Crippen molar-refractivity contribution < 1.29 is 4.79 Å². The summed E-state index contributed by atoms with van der Waals surface area (Å²) in [7, 11) is 1.92. The van der Waals surface area contributed by atoms with Crippen LogP contribution in [-0.2, 0) is 11.8 Å². The first-order valence-electron chi connectivity index (χ1n) is 6.57. The molecule has 1 aromatic carbocycles. The predicted octanol–water partition coefficient (Wildman–Crippen LogP) is 2.78. The Morgan fingerprint density at radius 1 is 1.25 bits per heavy atom. The van der Waals surface area contributed by atoms with Crippen LogP contribution in [-0.4, -0.2) is 20.7 Å². The van der Waals surface area contributed by atoms with Crippen molar-refractivity contribution in [3.8, 4) is 11.4 Å². The third-order valence-corrected chi connectivity index (χ3v) is 3.15. The zero-order valence-electron chi connectivity index (χ0n) is 12.6. The van der Waals surface area contributed by atoms with Gasteiger partial charge in [0, 0.05) is 23.7 Å². The van der Waals surface area contributed by atoms with E-state index in [1.54, 1.807) is 0 Å². The van der Waals surface area contributed by atoms with Crippen LogP contribution in [0.15, 0.2) is 24.3 Å². The molecule has 0 atom stereocenters. The van der Waals surface area contributed by atoms with Crippen LogP contribution in [0, 0.1) is 12.3 Å². The van der Waals surface area contributed by atoms with Gasteiger partial charge in [0.05, 0.1) is 0 Å². The summed E-state index contributed by atoms with van der Waals surface area (Å²) in [5, 5.41) is 11.1. The second kappa shape index (κ2) is 5.07. The number of aromatic nitrogens is 3. The number of amides is 1. The number of hydrogen-bond acceptors (Lipinski definition) is 3. The SMILES string of the molecule is Cc1nnc(-c2cccc(NC(=O)C(C)(C)C)c2)n1C. The van der Waals surface area contributed by atoms with E-state index in [4.69, 9.17) is 0 Å². The average molecular weight is 272 g/mol. The van der Waals surface area contributed by atoms with Crippen LogP contribution in [0.1, 0.15) is 26.6 Å². The van der Waals surface area contributed by atoms with Gasteiger partial charge in [-0.1, -0.05) is 32.9 Å². The Hall–Kier alpha value is -2.17. The first-order valence-corrected chi connectivity index (χ1v) is 6.57. The van der Waals surface area contributed by atoms with Crippen molar-refractivity contribution >= 4 is 11.6 Å². The number of nitrogens with one attached hydrogen (secondary N) is 1. The quantitative estimate of drug-likeness (QED) is 0.914. The molecular weight excluding hydrogens is 252 g/mol. The molecule has 2 aromatic rings. The summed E-state index contributed by atoms with van der Waals surface area (Å²) in [5.74, 6) is 1.63. The number of rotatable bonds is 2. The fraction of sp³-hybridized carbons (Fsp3) is 0.400. The van der Waals surface area contributed by atoms with Crippen LogP contribution in [0.25, 0.3) is 11.4 Å². The Bertz CT molecular complexity index is 638. The van der Waals surface area contributed by atoms with Gasteiger partial charge in [-0.2, -0.15) is 0 Å². The second-order valence-electron chi connectivity index (χ2n) is 5.91. The number of anilines is 1. The van der Waals surface area contributed by atoms with Gasteiger partial charge in [-0.15, -0.1) is 10.2 Å². The van der Waals surface area contributed by atoms with E-state index in [1.807, 2.05) is 63.6 Å². The smallest absolute Gasteiger partial charge is 0.229 e. The van der Waals surface area contributed by atoms with Crippen LogP contribution in [0.3, 0.4) is 0 Å². The molecule has 5 nitrogen and oxygen atoms in total. The van der Waals surface area contributed by atoms with Gasteiger partial charge in [0.2, 0.25) is 5.91 Å². The zero-order chi connectivity index (χ0) is 14.9. The highest BCUT2D eigenvalue weighted by atomic mass is 16.2. The minimum atomic E-state index is -0.419. The maximum atomic E-state index is 12.0. The van der Waals surface area contributed by atoms with Gasteiger partial charge in [0.1, 0.15) is 5.82 Å². The number of benzene rings is 1. The van der Waals surface area contributed by atoms with Crippen LogP contribution in [0.2, 0.25) is 0 Å². The van der Waals surface area contributed by atoms with E-state index < -0.39 is 5.41 Å². The Labute approximate surface area is 119 Å². The number of aryl methyl sites for hydroxylation is 1. The molecule has 0 aliphatic rings. The van der Waals surface area contributed by atoms with E-state index in [-0.39, 0.29) is 5.91 Å². The number of hydrogen-bond donors (Lipinski definition) is 1. The fourth-order valence-corrected chi connectivity index (χ4v) is 1.71.